The quantitative estimate of drug-likeness (QED) is 0.0507. The van der Waals surface area contributed by atoms with Gasteiger partial charge >= 0.3 is 0 Å². The first kappa shape index (κ1) is 48.7. The number of thioether (sulfide) groups is 2. The fourth-order valence-corrected chi connectivity index (χ4v) is 8.21. The first-order chi connectivity index (χ1) is 27.0. The zero-order valence-corrected chi connectivity index (χ0v) is 38.2. The predicted molar refractivity (Wildman–Crippen MR) is 246 cm³/mol. The molecule has 0 aliphatic rings. The van der Waals surface area contributed by atoms with E-state index in [1.807, 2.05) is 39.0 Å². The molecule has 3 aromatic rings. The Morgan fingerprint density at radius 2 is 1.12 bits per heavy atom. The van der Waals surface area contributed by atoms with Crippen molar-refractivity contribution < 1.29 is 19.2 Å². The Balaban J connectivity index is 2.04. The van der Waals surface area contributed by atoms with Crippen LogP contribution in [0.5, 0.6) is 0 Å². The second-order valence-electron chi connectivity index (χ2n) is 18.1. The average molecular weight is 833 g/mol. The van der Waals surface area contributed by atoms with E-state index in [1.54, 1.807) is 24.3 Å². The number of anilines is 3. The van der Waals surface area contributed by atoms with Crippen LogP contribution in [0.3, 0.4) is 0 Å². The Morgan fingerprint density at radius 1 is 0.638 bits per heavy atom. The van der Waals surface area contributed by atoms with Crippen molar-refractivity contribution in [3.05, 3.63) is 76.3 Å². The minimum Gasteiger partial charge on any atom is -0.330 e. The van der Waals surface area contributed by atoms with Crippen molar-refractivity contribution in [2.75, 3.05) is 40.5 Å². The van der Waals surface area contributed by atoms with Gasteiger partial charge in [-0.1, -0.05) is 94.4 Å². The van der Waals surface area contributed by atoms with Crippen molar-refractivity contribution in [2.24, 2.45) is 35.0 Å². The molecule has 3 amide bonds. The standard InChI is InChI=1S/C46H68N6O4S2/c1-27(2)19-29(5)42(54)50-36-24-33(45(6,7)8)22-32(40(36)57-17-15-47)23-39(53)30-13-12-14-31(21-30)43(55)51-37-25-34(46(9,10)11)26-38(41(37)58-18-16-48)52-44(56)35(49)20-28(3)4/h12-14,21-22,24-29,35H,15-20,23,47-49H2,1-11H3,(H,50,54)(H,51,55)(H,52,56)/t29-,35-/m0/s1. The number of carbonyl (C=O) groups excluding carboxylic acids is 4. The third kappa shape index (κ3) is 14.3. The molecule has 10 nitrogen and oxygen atoms in total. The molecule has 0 heterocycles. The van der Waals surface area contributed by atoms with Crippen LogP contribution >= 0.6 is 23.5 Å². The molecule has 0 aliphatic heterocycles. The molecule has 2 atom stereocenters. The molecule has 0 bridgehead atoms. The normalized spacial score (nSPS) is 13.0. The number of benzene rings is 3. The summed E-state index contributed by atoms with van der Waals surface area (Å²) in [4.78, 5) is 56.4. The van der Waals surface area contributed by atoms with E-state index in [2.05, 4.69) is 77.4 Å². The summed E-state index contributed by atoms with van der Waals surface area (Å²) < 4.78 is 0. The lowest BCUT2D eigenvalue weighted by molar-refractivity contribution is -0.120. The summed E-state index contributed by atoms with van der Waals surface area (Å²) in [6, 6.07) is 13.9. The van der Waals surface area contributed by atoms with Gasteiger partial charge in [0.25, 0.3) is 5.91 Å². The third-order valence-electron chi connectivity index (χ3n) is 9.61. The van der Waals surface area contributed by atoms with Gasteiger partial charge in [0.1, 0.15) is 0 Å². The molecule has 0 spiro atoms. The van der Waals surface area contributed by atoms with Crippen LogP contribution in [0.1, 0.15) is 126 Å². The first-order valence-corrected chi connectivity index (χ1v) is 22.4. The van der Waals surface area contributed by atoms with Gasteiger partial charge < -0.3 is 33.2 Å². The Hall–Kier alpha value is -3.68. The van der Waals surface area contributed by atoms with Gasteiger partial charge in [0.05, 0.1) is 28.0 Å². The number of amides is 3. The Kier molecular flexibility index (Phi) is 18.1. The average Bonchev–Trinajstić information content (AvgIpc) is 3.12. The summed E-state index contributed by atoms with van der Waals surface area (Å²) in [5.74, 6) is 0.641. The fraction of sp³-hybridized carbons (Fsp3) is 0.522. The van der Waals surface area contributed by atoms with Crippen LogP contribution in [0, 0.1) is 17.8 Å². The molecule has 318 valence electrons. The molecule has 0 aliphatic carbocycles. The maximum Gasteiger partial charge on any atom is 0.255 e. The van der Waals surface area contributed by atoms with Crippen molar-refractivity contribution in [1.82, 2.24) is 0 Å². The Morgan fingerprint density at radius 3 is 1.66 bits per heavy atom. The summed E-state index contributed by atoms with van der Waals surface area (Å²) in [5, 5.41) is 9.33. The van der Waals surface area contributed by atoms with Crippen LogP contribution in [-0.4, -0.2) is 54.1 Å². The van der Waals surface area contributed by atoms with Crippen LogP contribution in [0.15, 0.2) is 58.3 Å². The van der Waals surface area contributed by atoms with Gasteiger partial charge in [-0.3, -0.25) is 19.2 Å². The van der Waals surface area contributed by atoms with Crippen molar-refractivity contribution in [3.63, 3.8) is 0 Å². The lowest BCUT2D eigenvalue weighted by Gasteiger charge is -2.25. The van der Waals surface area contributed by atoms with Crippen molar-refractivity contribution >= 4 is 64.1 Å². The fourth-order valence-electron chi connectivity index (χ4n) is 6.46. The van der Waals surface area contributed by atoms with Crippen LogP contribution in [0.4, 0.5) is 17.1 Å². The smallest absolute Gasteiger partial charge is 0.255 e. The van der Waals surface area contributed by atoms with Crippen molar-refractivity contribution in [1.29, 1.82) is 0 Å². The van der Waals surface area contributed by atoms with E-state index in [4.69, 9.17) is 17.2 Å². The maximum atomic E-state index is 14.2. The topological polar surface area (TPSA) is 182 Å². The molecule has 12 heteroatoms. The van der Waals surface area contributed by atoms with Gasteiger partial charge in [0.2, 0.25) is 11.8 Å². The SMILES string of the molecule is CC(C)C[C@H](C)C(=O)Nc1cc(C(C)(C)C)cc(CC(=O)c2cccc(C(=O)Nc3cc(C(C)(C)C)cc(NC(=O)[C@@H](N)CC(C)C)c3SCCN)c2)c1SCCN. The number of hydrogen-bond donors (Lipinski definition) is 6. The van der Waals surface area contributed by atoms with E-state index in [9.17, 15) is 19.2 Å². The second kappa shape index (κ2) is 21.5. The molecule has 3 aromatic carbocycles. The highest BCUT2D eigenvalue weighted by Gasteiger charge is 2.26. The number of Topliss-reactive ketones (excluding diaryl/α,β-unsaturated/α-hetero) is 1. The van der Waals surface area contributed by atoms with Crippen molar-refractivity contribution in [2.45, 2.75) is 122 Å². The van der Waals surface area contributed by atoms with Gasteiger partial charge in [-0.05, 0) is 82.5 Å². The largest absolute Gasteiger partial charge is 0.330 e. The maximum absolute atomic E-state index is 14.2. The number of hydrogen-bond acceptors (Lipinski definition) is 9. The number of carbonyl (C=O) groups is 4. The van der Waals surface area contributed by atoms with Crippen molar-refractivity contribution in [3.8, 4) is 0 Å². The summed E-state index contributed by atoms with van der Waals surface area (Å²) in [6.07, 6.45) is 1.34. The Labute approximate surface area is 355 Å². The zero-order chi connectivity index (χ0) is 43.5. The van der Waals surface area contributed by atoms with E-state index in [-0.39, 0.29) is 46.7 Å². The highest BCUT2D eigenvalue weighted by atomic mass is 32.2. The predicted octanol–water partition coefficient (Wildman–Crippen LogP) is 8.99. The Bertz CT molecular complexity index is 1780. The number of nitrogens with two attached hydrogens (primary N) is 3. The van der Waals surface area contributed by atoms with Crippen LogP contribution in [0.25, 0.3) is 0 Å². The highest BCUT2D eigenvalue weighted by Crippen LogP contribution is 2.40. The summed E-state index contributed by atoms with van der Waals surface area (Å²) in [5.41, 5.74) is 22.7. The van der Waals surface area contributed by atoms with E-state index in [0.29, 0.717) is 70.0 Å². The number of nitrogens with one attached hydrogen (secondary N) is 3. The van der Waals surface area contributed by atoms with Gasteiger partial charge in [0, 0.05) is 53.0 Å². The molecule has 0 unspecified atom stereocenters. The third-order valence-corrected chi connectivity index (χ3v) is 12.0. The molecule has 0 saturated carbocycles. The summed E-state index contributed by atoms with van der Waals surface area (Å²) >= 11 is 2.97. The highest BCUT2D eigenvalue weighted by molar-refractivity contribution is 7.99. The lowest BCUT2D eigenvalue weighted by Crippen LogP contribution is -2.37. The van der Waals surface area contributed by atoms with E-state index in [1.165, 1.54) is 23.5 Å². The van der Waals surface area contributed by atoms with Crippen LogP contribution < -0.4 is 33.2 Å². The molecule has 3 rings (SSSR count). The molecular weight excluding hydrogens is 765 g/mol. The molecule has 58 heavy (non-hydrogen) atoms. The monoisotopic (exact) mass is 832 g/mol. The van der Waals surface area contributed by atoms with Gasteiger partial charge in [0.15, 0.2) is 5.78 Å². The molecule has 0 radical (unpaired) electrons. The van der Waals surface area contributed by atoms with Crippen LogP contribution in [-0.2, 0) is 26.8 Å². The molecular formula is C46H68N6O4S2. The number of ketones is 1. The van der Waals surface area contributed by atoms with Gasteiger partial charge in [-0.2, -0.15) is 0 Å². The molecule has 0 saturated heterocycles. The molecule has 0 aromatic heterocycles. The molecule has 9 N–H and O–H groups in total. The zero-order valence-electron chi connectivity index (χ0n) is 36.6. The lowest BCUT2D eigenvalue weighted by atomic mass is 9.85. The minimum absolute atomic E-state index is 0.0574. The minimum atomic E-state index is -0.695. The van der Waals surface area contributed by atoms with E-state index < -0.39 is 11.9 Å². The van der Waals surface area contributed by atoms with Crippen LogP contribution in [0.2, 0.25) is 0 Å². The summed E-state index contributed by atoms with van der Waals surface area (Å²) in [7, 11) is 0. The van der Waals surface area contributed by atoms with Gasteiger partial charge in [-0.25, -0.2) is 0 Å². The van der Waals surface area contributed by atoms with Gasteiger partial charge in [-0.15, -0.1) is 23.5 Å². The second-order valence-corrected chi connectivity index (χ2v) is 20.3. The van der Waals surface area contributed by atoms with E-state index in [0.717, 1.165) is 28.0 Å². The van der Waals surface area contributed by atoms with E-state index >= 15 is 0 Å². The molecule has 0 fully saturated rings. The first-order valence-electron chi connectivity index (χ1n) is 20.4. The number of rotatable bonds is 19. The summed E-state index contributed by atoms with van der Waals surface area (Å²) in [6.45, 7) is 23.5.